The lowest BCUT2D eigenvalue weighted by Gasteiger charge is -2.39. The molecule has 2 rings (SSSR count). The highest BCUT2D eigenvalue weighted by Crippen LogP contribution is 2.28. The van der Waals surface area contributed by atoms with Crippen LogP contribution in [0.1, 0.15) is 29.5 Å². The van der Waals surface area contributed by atoms with Crippen LogP contribution in [0.2, 0.25) is 0 Å². The second kappa shape index (κ2) is 7.32. The van der Waals surface area contributed by atoms with Crippen molar-refractivity contribution in [1.82, 2.24) is 4.90 Å². The van der Waals surface area contributed by atoms with Crippen molar-refractivity contribution in [2.45, 2.75) is 39.4 Å². The molecule has 0 radical (unpaired) electrons. The van der Waals surface area contributed by atoms with Crippen molar-refractivity contribution in [2.24, 2.45) is 0 Å². The fraction of sp³-hybridized carbons (Fsp3) is 0.611. The molecule has 0 aliphatic carbocycles. The molecular weight excluding hydrogens is 294 g/mol. The highest BCUT2D eigenvalue weighted by atomic mass is 16.7. The molecule has 5 heteroatoms. The smallest absolute Gasteiger partial charge is 0.260 e. The largest absolute Gasteiger partial charge is 0.483 e. The summed E-state index contributed by atoms with van der Waals surface area (Å²) in [5.74, 6) is 0.269. The van der Waals surface area contributed by atoms with Crippen molar-refractivity contribution >= 4 is 5.91 Å². The Balaban J connectivity index is 1.93. The summed E-state index contributed by atoms with van der Waals surface area (Å²) in [6.45, 7) is 7.37. The molecule has 1 aromatic carbocycles. The lowest BCUT2D eigenvalue weighted by Crippen LogP contribution is -2.49. The molecule has 1 aromatic rings. The third-order valence-electron chi connectivity index (χ3n) is 4.84. The molecule has 0 saturated carbocycles. The zero-order valence-corrected chi connectivity index (χ0v) is 14.8. The molecule has 1 amide bonds. The Kier molecular flexibility index (Phi) is 5.65. The van der Waals surface area contributed by atoms with Gasteiger partial charge in [0.1, 0.15) is 5.75 Å². The third-order valence-corrected chi connectivity index (χ3v) is 4.84. The number of ether oxygens (including phenoxy) is 3. The standard InChI is InChI=1S/C18H27NO4/c1-13-6-7-14(2)17(15(13)3)23-12-16(20)19-10-8-18(21-4,22-5)9-11-19/h6-7H,8-12H2,1-5H3. The molecule has 1 saturated heterocycles. The van der Waals surface area contributed by atoms with E-state index >= 15 is 0 Å². The van der Waals surface area contributed by atoms with Gasteiger partial charge in [0.15, 0.2) is 12.4 Å². The van der Waals surface area contributed by atoms with Gasteiger partial charge in [-0.05, 0) is 37.5 Å². The normalized spacial score (nSPS) is 17.2. The molecule has 5 nitrogen and oxygen atoms in total. The van der Waals surface area contributed by atoms with Crippen LogP contribution in [0.5, 0.6) is 5.75 Å². The van der Waals surface area contributed by atoms with E-state index in [1.807, 2.05) is 31.7 Å². The highest BCUT2D eigenvalue weighted by molar-refractivity contribution is 5.78. The first-order chi connectivity index (χ1) is 10.9. The zero-order valence-electron chi connectivity index (χ0n) is 14.8. The quantitative estimate of drug-likeness (QED) is 0.782. The van der Waals surface area contributed by atoms with Crippen molar-refractivity contribution < 1.29 is 19.0 Å². The summed E-state index contributed by atoms with van der Waals surface area (Å²) in [6, 6.07) is 4.09. The van der Waals surface area contributed by atoms with E-state index in [4.69, 9.17) is 14.2 Å². The van der Waals surface area contributed by atoms with Crippen molar-refractivity contribution in [3.63, 3.8) is 0 Å². The van der Waals surface area contributed by atoms with Gasteiger partial charge in [0.25, 0.3) is 5.91 Å². The first-order valence-electron chi connectivity index (χ1n) is 8.00. The maximum absolute atomic E-state index is 12.4. The number of aryl methyl sites for hydroxylation is 2. The lowest BCUT2D eigenvalue weighted by atomic mass is 10.0. The van der Waals surface area contributed by atoms with E-state index in [1.165, 1.54) is 5.56 Å². The number of likely N-dealkylation sites (tertiary alicyclic amines) is 1. The zero-order chi connectivity index (χ0) is 17.0. The van der Waals surface area contributed by atoms with E-state index in [0.717, 1.165) is 16.9 Å². The molecule has 1 aliphatic rings. The van der Waals surface area contributed by atoms with Gasteiger partial charge in [0.2, 0.25) is 0 Å². The van der Waals surface area contributed by atoms with E-state index in [2.05, 4.69) is 6.07 Å². The number of rotatable bonds is 5. The van der Waals surface area contributed by atoms with Gasteiger partial charge in [0.05, 0.1) is 0 Å². The van der Waals surface area contributed by atoms with Crippen molar-refractivity contribution in [1.29, 1.82) is 0 Å². The third kappa shape index (κ3) is 3.85. The van der Waals surface area contributed by atoms with Crippen LogP contribution in [0.15, 0.2) is 12.1 Å². The minimum absolute atomic E-state index is 0.00566. The highest BCUT2D eigenvalue weighted by Gasteiger charge is 2.36. The summed E-state index contributed by atoms with van der Waals surface area (Å²) in [4.78, 5) is 14.2. The molecule has 1 heterocycles. The van der Waals surface area contributed by atoms with Crippen molar-refractivity contribution in [2.75, 3.05) is 33.9 Å². The van der Waals surface area contributed by atoms with E-state index < -0.39 is 5.79 Å². The molecule has 1 fully saturated rings. The molecule has 0 bridgehead atoms. The molecule has 0 unspecified atom stereocenters. The average Bonchev–Trinajstić information content (AvgIpc) is 2.58. The maximum atomic E-state index is 12.4. The van der Waals surface area contributed by atoms with Gasteiger partial charge in [-0.1, -0.05) is 12.1 Å². The number of methoxy groups -OCH3 is 2. The van der Waals surface area contributed by atoms with Crippen LogP contribution < -0.4 is 4.74 Å². The molecule has 0 aromatic heterocycles. The number of carbonyl (C=O) groups is 1. The van der Waals surface area contributed by atoms with Crippen LogP contribution in [0.4, 0.5) is 0 Å². The number of amides is 1. The summed E-state index contributed by atoms with van der Waals surface area (Å²) in [5, 5.41) is 0. The summed E-state index contributed by atoms with van der Waals surface area (Å²) >= 11 is 0. The second-order valence-corrected chi connectivity index (χ2v) is 6.14. The molecule has 1 aliphatic heterocycles. The Morgan fingerprint density at radius 3 is 2.22 bits per heavy atom. The number of hydrogen-bond acceptors (Lipinski definition) is 4. The van der Waals surface area contributed by atoms with E-state index in [0.29, 0.717) is 25.9 Å². The fourth-order valence-electron chi connectivity index (χ4n) is 2.96. The van der Waals surface area contributed by atoms with Crippen LogP contribution in [0.25, 0.3) is 0 Å². The summed E-state index contributed by atoms with van der Waals surface area (Å²) in [7, 11) is 3.29. The van der Waals surface area contributed by atoms with Crippen molar-refractivity contribution in [3.8, 4) is 5.75 Å². The average molecular weight is 321 g/mol. The van der Waals surface area contributed by atoms with Gasteiger partial charge in [-0.25, -0.2) is 0 Å². The van der Waals surface area contributed by atoms with Crippen LogP contribution in [0, 0.1) is 20.8 Å². The minimum atomic E-state index is -0.554. The number of benzene rings is 1. The van der Waals surface area contributed by atoms with Gasteiger partial charge >= 0.3 is 0 Å². The van der Waals surface area contributed by atoms with Crippen LogP contribution >= 0.6 is 0 Å². The van der Waals surface area contributed by atoms with E-state index in [-0.39, 0.29) is 12.5 Å². The summed E-state index contributed by atoms with van der Waals surface area (Å²) in [5.41, 5.74) is 3.31. The molecule has 23 heavy (non-hydrogen) atoms. The fourth-order valence-corrected chi connectivity index (χ4v) is 2.96. The molecular formula is C18H27NO4. The van der Waals surface area contributed by atoms with Gasteiger partial charge in [0, 0.05) is 40.2 Å². The second-order valence-electron chi connectivity index (χ2n) is 6.14. The molecule has 0 spiro atoms. The number of piperidine rings is 1. The van der Waals surface area contributed by atoms with Crippen molar-refractivity contribution in [3.05, 3.63) is 28.8 Å². The van der Waals surface area contributed by atoms with Gasteiger partial charge in [-0.2, -0.15) is 0 Å². The Hall–Kier alpha value is -1.59. The first-order valence-corrected chi connectivity index (χ1v) is 8.00. The van der Waals surface area contributed by atoms with E-state index in [9.17, 15) is 4.79 Å². The first kappa shape index (κ1) is 17.8. The molecule has 0 atom stereocenters. The predicted molar refractivity (Wildman–Crippen MR) is 88.7 cm³/mol. The summed E-state index contributed by atoms with van der Waals surface area (Å²) in [6.07, 6.45) is 1.35. The minimum Gasteiger partial charge on any atom is -0.483 e. The van der Waals surface area contributed by atoms with E-state index in [1.54, 1.807) is 14.2 Å². The Morgan fingerprint density at radius 2 is 1.65 bits per heavy atom. The molecule has 128 valence electrons. The van der Waals surface area contributed by atoms with Crippen LogP contribution in [-0.4, -0.2) is 50.5 Å². The predicted octanol–water partition coefficient (Wildman–Crippen LogP) is 2.60. The van der Waals surface area contributed by atoms with Crippen LogP contribution in [0.3, 0.4) is 0 Å². The SMILES string of the molecule is COC1(OC)CCN(C(=O)COc2c(C)ccc(C)c2C)CC1. The summed E-state index contributed by atoms with van der Waals surface area (Å²) < 4.78 is 16.7. The topological polar surface area (TPSA) is 48.0 Å². The lowest BCUT2D eigenvalue weighted by molar-refractivity contribution is -0.228. The maximum Gasteiger partial charge on any atom is 0.260 e. The Labute approximate surface area is 138 Å². The van der Waals surface area contributed by atoms with Crippen LogP contribution in [-0.2, 0) is 14.3 Å². The number of nitrogens with zero attached hydrogens (tertiary/aromatic N) is 1. The number of hydrogen-bond donors (Lipinski definition) is 0. The molecule has 0 N–H and O–H groups in total. The van der Waals surface area contributed by atoms with Gasteiger partial charge < -0.3 is 19.1 Å². The van der Waals surface area contributed by atoms with Gasteiger partial charge in [-0.3, -0.25) is 4.79 Å². The Bertz CT molecular complexity index is 556. The monoisotopic (exact) mass is 321 g/mol. The number of carbonyl (C=O) groups excluding carboxylic acids is 1. The van der Waals surface area contributed by atoms with Gasteiger partial charge in [-0.15, -0.1) is 0 Å². The Morgan fingerprint density at radius 1 is 1.09 bits per heavy atom.